The number of halogens is 1. The Morgan fingerprint density at radius 3 is 2.58 bits per heavy atom. The number of anilines is 1. The molecule has 7 heteroatoms. The lowest BCUT2D eigenvalue weighted by atomic mass is 10.00. The number of ether oxygens (including phenoxy) is 1. The zero-order valence-corrected chi connectivity index (χ0v) is 17.0. The number of hydrogen-bond acceptors (Lipinski definition) is 3. The number of methoxy groups -OCH3 is 1. The second kappa shape index (κ2) is 9.42. The van der Waals surface area contributed by atoms with E-state index in [0.29, 0.717) is 6.54 Å². The van der Waals surface area contributed by atoms with Crippen LogP contribution in [0.3, 0.4) is 0 Å². The second-order valence-electron chi connectivity index (χ2n) is 5.89. The fourth-order valence-electron chi connectivity index (χ4n) is 2.82. The summed E-state index contributed by atoms with van der Waals surface area (Å²) in [5.74, 6) is 0.964. The molecule has 1 aliphatic heterocycles. The van der Waals surface area contributed by atoms with Crippen molar-refractivity contribution in [2.24, 2.45) is 10.7 Å². The van der Waals surface area contributed by atoms with Crippen LogP contribution >= 0.6 is 24.0 Å². The van der Waals surface area contributed by atoms with Crippen molar-refractivity contribution in [3.05, 3.63) is 59.7 Å². The summed E-state index contributed by atoms with van der Waals surface area (Å²) in [7, 11) is 1.61. The predicted molar refractivity (Wildman–Crippen MR) is 114 cm³/mol. The SMILES string of the molecule is COc1ccc(NC(N)=NCC(=O)N2CCc3ccccc3C2)cc1.I. The molecule has 0 unspecified atom stereocenters. The van der Waals surface area contributed by atoms with Crippen LogP contribution in [0.1, 0.15) is 11.1 Å². The van der Waals surface area contributed by atoms with Gasteiger partial charge in [0.25, 0.3) is 0 Å². The van der Waals surface area contributed by atoms with Gasteiger partial charge in [0.1, 0.15) is 12.3 Å². The number of nitrogens with zero attached hydrogens (tertiary/aromatic N) is 2. The summed E-state index contributed by atoms with van der Waals surface area (Å²) in [5, 5.41) is 2.97. The maximum Gasteiger partial charge on any atom is 0.244 e. The highest BCUT2D eigenvalue weighted by Crippen LogP contribution is 2.18. The van der Waals surface area contributed by atoms with E-state index in [-0.39, 0.29) is 42.4 Å². The van der Waals surface area contributed by atoms with Gasteiger partial charge in [-0.3, -0.25) is 4.79 Å². The van der Waals surface area contributed by atoms with Gasteiger partial charge in [-0.05, 0) is 41.8 Å². The fraction of sp³-hybridized carbons (Fsp3) is 0.263. The highest BCUT2D eigenvalue weighted by Gasteiger charge is 2.19. The fourth-order valence-corrected chi connectivity index (χ4v) is 2.82. The minimum Gasteiger partial charge on any atom is -0.497 e. The van der Waals surface area contributed by atoms with Crippen molar-refractivity contribution >= 4 is 41.5 Å². The number of hydrogen-bond donors (Lipinski definition) is 2. The van der Waals surface area contributed by atoms with E-state index in [1.807, 2.05) is 41.3 Å². The molecule has 2 aromatic carbocycles. The zero-order valence-electron chi connectivity index (χ0n) is 14.6. The molecule has 2 aromatic rings. The van der Waals surface area contributed by atoms with Crippen LogP contribution in [0.15, 0.2) is 53.5 Å². The molecule has 0 bridgehead atoms. The largest absolute Gasteiger partial charge is 0.497 e. The average Bonchev–Trinajstić information content (AvgIpc) is 2.66. The number of fused-ring (bicyclic) bond motifs is 1. The first-order valence-electron chi connectivity index (χ1n) is 8.21. The van der Waals surface area contributed by atoms with E-state index in [9.17, 15) is 4.79 Å². The summed E-state index contributed by atoms with van der Waals surface area (Å²) in [4.78, 5) is 18.3. The smallest absolute Gasteiger partial charge is 0.244 e. The Hall–Kier alpha value is -2.29. The van der Waals surface area contributed by atoms with E-state index < -0.39 is 0 Å². The van der Waals surface area contributed by atoms with Gasteiger partial charge in [0.05, 0.1) is 7.11 Å². The summed E-state index contributed by atoms with van der Waals surface area (Å²) in [6.07, 6.45) is 0.880. The molecule has 1 heterocycles. The lowest BCUT2D eigenvalue weighted by Gasteiger charge is -2.28. The van der Waals surface area contributed by atoms with Crippen LogP contribution in [0, 0.1) is 0 Å². The first kappa shape index (κ1) is 20.0. The molecule has 0 aliphatic carbocycles. The summed E-state index contributed by atoms with van der Waals surface area (Å²) in [6, 6.07) is 15.5. The molecule has 0 atom stereocenters. The van der Waals surface area contributed by atoms with Crippen LogP contribution in [0.25, 0.3) is 0 Å². The van der Waals surface area contributed by atoms with Crippen molar-refractivity contribution < 1.29 is 9.53 Å². The lowest BCUT2D eigenvalue weighted by Crippen LogP contribution is -2.38. The van der Waals surface area contributed by atoms with Crippen molar-refractivity contribution in [2.45, 2.75) is 13.0 Å². The van der Waals surface area contributed by atoms with Crippen LogP contribution < -0.4 is 15.8 Å². The molecule has 0 spiro atoms. The van der Waals surface area contributed by atoms with Crippen LogP contribution in [0.5, 0.6) is 5.75 Å². The van der Waals surface area contributed by atoms with E-state index in [0.717, 1.165) is 24.4 Å². The molecule has 3 rings (SSSR count). The van der Waals surface area contributed by atoms with E-state index in [1.165, 1.54) is 11.1 Å². The minimum absolute atomic E-state index is 0. The van der Waals surface area contributed by atoms with Crippen LogP contribution in [0.4, 0.5) is 5.69 Å². The Labute approximate surface area is 170 Å². The lowest BCUT2D eigenvalue weighted by molar-refractivity contribution is -0.130. The third-order valence-corrected chi connectivity index (χ3v) is 4.23. The maximum absolute atomic E-state index is 12.4. The Bertz CT molecular complexity index is 777. The number of aliphatic imine (C=N–C) groups is 1. The average molecular weight is 466 g/mol. The normalized spacial score (nSPS) is 13.4. The van der Waals surface area contributed by atoms with Crippen LogP contribution in [0.2, 0.25) is 0 Å². The van der Waals surface area contributed by atoms with Crippen molar-refractivity contribution in [1.29, 1.82) is 0 Å². The number of nitrogens with one attached hydrogen (secondary N) is 1. The Balaban J connectivity index is 0.00000243. The predicted octanol–water partition coefficient (Wildman–Crippen LogP) is 2.62. The molecule has 0 fully saturated rings. The van der Waals surface area contributed by atoms with Gasteiger partial charge in [0.15, 0.2) is 5.96 Å². The van der Waals surface area contributed by atoms with Gasteiger partial charge in [-0.2, -0.15) is 0 Å². The van der Waals surface area contributed by atoms with Gasteiger partial charge >= 0.3 is 0 Å². The molecule has 0 saturated heterocycles. The number of amides is 1. The highest BCUT2D eigenvalue weighted by atomic mass is 127. The maximum atomic E-state index is 12.4. The van der Waals surface area contributed by atoms with Gasteiger partial charge in [-0.25, -0.2) is 4.99 Å². The molecule has 6 nitrogen and oxygen atoms in total. The van der Waals surface area contributed by atoms with E-state index in [1.54, 1.807) is 7.11 Å². The van der Waals surface area contributed by atoms with Crippen LogP contribution in [-0.4, -0.2) is 37.0 Å². The molecule has 26 heavy (non-hydrogen) atoms. The van der Waals surface area contributed by atoms with Crippen LogP contribution in [-0.2, 0) is 17.8 Å². The minimum atomic E-state index is -0.0195. The number of benzene rings is 2. The molecular weight excluding hydrogens is 443 g/mol. The van der Waals surface area contributed by atoms with Crippen molar-refractivity contribution in [3.8, 4) is 5.75 Å². The molecule has 1 amide bonds. The first-order valence-corrected chi connectivity index (χ1v) is 8.21. The third kappa shape index (κ3) is 5.10. The monoisotopic (exact) mass is 466 g/mol. The summed E-state index contributed by atoms with van der Waals surface area (Å²) in [6.45, 7) is 1.39. The Morgan fingerprint density at radius 1 is 1.19 bits per heavy atom. The third-order valence-electron chi connectivity index (χ3n) is 4.23. The van der Waals surface area contributed by atoms with E-state index in [4.69, 9.17) is 10.5 Å². The Kier molecular flexibility index (Phi) is 7.26. The molecule has 138 valence electrons. The number of guanidine groups is 1. The van der Waals surface area contributed by atoms with E-state index >= 15 is 0 Å². The number of carbonyl (C=O) groups is 1. The second-order valence-corrected chi connectivity index (χ2v) is 5.89. The highest BCUT2D eigenvalue weighted by molar-refractivity contribution is 14.0. The molecule has 3 N–H and O–H groups in total. The molecule has 0 aromatic heterocycles. The number of nitrogens with two attached hydrogens (primary N) is 1. The summed E-state index contributed by atoms with van der Waals surface area (Å²) >= 11 is 0. The molecule has 0 saturated carbocycles. The van der Waals surface area contributed by atoms with Gasteiger partial charge in [0, 0.05) is 18.8 Å². The van der Waals surface area contributed by atoms with Gasteiger partial charge in [-0.15, -0.1) is 24.0 Å². The molecule has 1 aliphatic rings. The topological polar surface area (TPSA) is 80.0 Å². The summed E-state index contributed by atoms with van der Waals surface area (Å²) < 4.78 is 5.11. The zero-order chi connectivity index (χ0) is 17.6. The van der Waals surface area contributed by atoms with Gasteiger partial charge in [-0.1, -0.05) is 24.3 Å². The van der Waals surface area contributed by atoms with Crippen molar-refractivity contribution in [1.82, 2.24) is 4.90 Å². The van der Waals surface area contributed by atoms with Crippen molar-refractivity contribution in [3.63, 3.8) is 0 Å². The summed E-state index contributed by atoms with van der Waals surface area (Å²) in [5.41, 5.74) is 9.18. The molecular formula is C19H23IN4O2. The first-order chi connectivity index (χ1) is 12.2. The Morgan fingerprint density at radius 2 is 1.88 bits per heavy atom. The standard InChI is InChI=1S/C19H22N4O2.HI/c1-25-17-8-6-16(7-9-17)22-19(20)21-12-18(24)23-11-10-14-4-2-3-5-15(14)13-23;/h2-9H,10-13H2,1H3,(H3,20,21,22);1H. The van der Waals surface area contributed by atoms with Crippen molar-refractivity contribution in [2.75, 3.05) is 25.5 Å². The number of rotatable bonds is 4. The van der Waals surface area contributed by atoms with E-state index in [2.05, 4.69) is 22.4 Å². The van der Waals surface area contributed by atoms with Gasteiger partial charge < -0.3 is 20.7 Å². The van der Waals surface area contributed by atoms with Gasteiger partial charge in [0.2, 0.25) is 5.91 Å². The quantitative estimate of drug-likeness (QED) is 0.413. The number of carbonyl (C=O) groups excluding carboxylic acids is 1. The molecule has 0 radical (unpaired) electrons.